The molecule has 1 fully saturated rings. The number of carbonyl (C=O) groups is 1. The summed E-state index contributed by atoms with van der Waals surface area (Å²) in [6, 6.07) is 10.6. The Morgan fingerprint density at radius 1 is 1.11 bits per heavy atom. The lowest BCUT2D eigenvalue weighted by molar-refractivity contribution is 0.0916. The van der Waals surface area contributed by atoms with E-state index in [0.717, 1.165) is 32.0 Å². The van der Waals surface area contributed by atoms with Crippen LogP contribution < -0.4 is 15.5 Å². The van der Waals surface area contributed by atoms with Crippen LogP contribution in [-0.2, 0) is 0 Å². The number of carbonyl (C=O) groups excluding carboxylic acids is 1. The lowest BCUT2D eigenvalue weighted by Gasteiger charge is -2.29. The summed E-state index contributed by atoms with van der Waals surface area (Å²) in [5.41, 5.74) is 1.40. The van der Waals surface area contributed by atoms with Gasteiger partial charge in [-0.25, -0.2) is 23.7 Å². The van der Waals surface area contributed by atoms with E-state index in [-0.39, 0.29) is 17.6 Å². The highest BCUT2D eigenvalue weighted by Crippen LogP contribution is 2.31. The van der Waals surface area contributed by atoms with Crippen molar-refractivity contribution in [3.63, 3.8) is 0 Å². The number of hydrogen-bond acceptors (Lipinski definition) is 8. The average Bonchev–Trinajstić information content (AvgIpc) is 3.27. The van der Waals surface area contributed by atoms with Crippen LogP contribution >= 0.6 is 11.3 Å². The lowest BCUT2D eigenvalue weighted by atomic mass is 10.1. The van der Waals surface area contributed by atoms with Crippen molar-refractivity contribution in [3.8, 4) is 0 Å². The van der Waals surface area contributed by atoms with E-state index < -0.39 is 11.6 Å². The SMILES string of the molecule is CN1CCC(NC(=O)c2ccc(Nc3nc4ccc(N(C)c5ccc(F)cc5F)nc4s3)nc2)CC1. The minimum absolute atomic E-state index is 0.123. The first-order valence-corrected chi connectivity index (χ1v) is 12.4. The number of fused-ring (bicyclic) bond motifs is 1. The maximum Gasteiger partial charge on any atom is 0.253 e. The Morgan fingerprint density at radius 2 is 1.92 bits per heavy atom. The van der Waals surface area contributed by atoms with Gasteiger partial charge in [-0.2, -0.15) is 0 Å². The van der Waals surface area contributed by atoms with Crippen molar-refractivity contribution in [1.29, 1.82) is 0 Å². The van der Waals surface area contributed by atoms with Gasteiger partial charge in [-0.1, -0.05) is 11.3 Å². The van der Waals surface area contributed by atoms with Gasteiger partial charge >= 0.3 is 0 Å². The van der Waals surface area contributed by atoms with Gasteiger partial charge in [0.15, 0.2) is 5.13 Å². The highest BCUT2D eigenvalue weighted by Gasteiger charge is 2.19. The van der Waals surface area contributed by atoms with E-state index in [9.17, 15) is 13.6 Å². The van der Waals surface area contributed by atoms with E-state index in [1.807, 2.05) is 0 Å². The van der Waals surface area contributed by atoms with Crippen LogP contribution in [0.2, 0.25) is 0 Å². The molecule has 0 saturated carbocycles. The lowest BCUT2D eigenvalue weighted by Crippen LogP contribution is -2.43. The minimum atomic E-state index is -0.666. The third-order valence-electron chi connectivity index (χ3n) is 6.17. The van der Waals surface area contributed by atoms with Gasteiger partial charge in [0.1, 0.15) is 33.6 Å². The monoisotopic (exact) mass is 509 g/mol. The van der Waals surface area contributed by atoms with Crippen molar-refractivity contribution < 1.29 is 13.6 Å². The first-order valence-electron chi connectivity index (χ1n) is 11.5. The molecule has 4 heterocycles. The zero-order valence-electron chi connectivity index (χ0n) is 19.8. The summed E-state index contributed by atoms with van der Waals surface area (Å²) in [5.74, 6) is -0.370. The molecule has 36 heavy (non-hydrogen) atoms. The number of benzene rings is 1. The number of aromatic nitrogens is 3. The van der Waals surface area contributed by atoms with E-state index in [4.69, 9.17) is 0 Å². The quantitative estimate of drug-likeness (QED) is 0.390. The molecule has 3 aromatic heterocycles. The van der Waals surface area contributed by atoms with Gasteiger partial charge in [0.05, 0.1) is 11.3 Å². The molecule has 0 unspecified atom stereocenters. The molecular weight excluding hydrogens is 484 g/mol. The van der Waals surface area contributed by atoms with Crippen molar-refractivity contribution in [2.75, 3.05) is 37.4 Å². The Balaban J connectivity index is 1.26. The number of likely N-dealkylation sites (tertiary alicyclic amines) is 1. The molecule has 0 spiro atoms. The number of anilines is 4. The fraction of sp³-hybridized carbons (Fsp3) is 0.280. The number of halogens is 2. The van der Waals surface area contributed by atoms with E-state index in [2.05, 4.69) is 37.5 Å². The van der Waals surface area contributed by atoms with Crippen molar-refractivity contribution >= 4 is 50.0 Å². The molecule has 0 aliphatic carbocycles. The first-order chi connectivity index (χ1) is 17.4. The summed E-state index contributed by atoms with van der Waals surface area (Å²) >= 11 is 1.32. The zero-order valence-corrected chi connectivity index (χ0v) is 20.6. The van der Waals surface area contributed by atoms with E-state index in [1.54, 1.807) is 42.4 Å². The summed E-state index contributed by atoms with van der Waals surface area (Å²) in [6.45, 7) is 1.95. The molecule has 1 saturated heterocycles. The van der Waals surface area contributed by atoms with Gasteiger partial charge in [-0.05, 0) is 69.4 Å². The summed E-state index contributed by atoms with van der Waals surface area (Å²) in [4.78, 5) is 30.5. The van der Waals surface area contributed by atoms with Crippen LogP contribution in [0, 0.1) is 11.6 Å². The minimum Gasteiger partial charge on any atom is -0.349 e. The van der Waals surface area contributed by atoms with Gasteiger partial charge < -0.3 is 20.4 Å². The molecule has 11 heteroatoms. The predicted octanol–water partition coefficient (Wildman–Crippen LogP) is 4.70. The molecule has 0 bridgehead atoms. The third kappa shape index (κ3) is 5.26. The van der Waals surface area contributed by atoms with E-state index in [1.165, 1.54) is 23.5 Å². The van der Waals surface area contributed by atoms with Gasteiger partial charge in [-0.15, -0.1) is 0 Å². The normalized spacial score (nSPS) is 14.7. The molecule has 1 aliphatic heterocycles. The van der Waals surface area contributed by atoms with Crippen molar-refractivity contribution in [1.82, 2.24) is 25.2 Å². The van der Waals surface area contributed by atoms with Gasteiger partial charge in [0.2, 0.25) is 0 Å². The van der Waals surface area contributed by atoms with Crippen LogP contribution in [0.5, 0.6) is 0 Å². The molecule has 2 N–H and O–H groups in total. The topological polar surface area (TPSA) is 86.3 Å². The second-order valence-electron chi connectivity index (χ2n) is 8.78. The van der Waals surface area contributed by atoms with Crippen LogP contribution in [0.1, 0.15) is 23.2 Å². The van der Waals surface area contributed by atoms with Crippen molar-refractivity contribution in [2.45, 2.75) is 18.9 Å². The van der Waals surface area contributed by atoms with Gasteiger partial charge in [0, 0.05) is 25.4 Å². The molecule has 5 rings (SSSR count). The van der Waals surface area contributed by atoms with Crippen molar-refractivity contribution in [2.24, 2.45) is 0 Å². The summed E-state index contributed by atoms with van der Waals surface area (Å²) < 4.78 is 27.5. The number of rotatable bonds is 6. The highest BCUT2D eigenvalue weighted by molar-refractivity contribution is 7.21. The molecule has 1 amide bonds. The Bertz CT molecular complexity index is 1390. The zero-order chi connectivity index (χ0) is 25.2. The van der Waals surface area contributed by atoms with Crippen LogP contribution in [0.3, 0.4) is 0 Å². The van der Waals surface area contributed by atoms with E-state index >= 15 is 0 Å². The number of thiazole rings is 1. The fourth-order valence-corrected chi connectivity index (χ4v) is 4.90. The number of hydrogen-bond donors (Lipinski definition) is 2. The Kier molecular flexibility index (Phi) is 6.75. The average molecular weight is 510 g/mol. The molecule has 0 radical (unpaired) electrons. The highest BCUT2D eigenvalue weighted by atomic mass is 32.1. The number of nitrogens with zero attached hydrogens (tertiary/aromatic N) is 5. The molecule has 1 aromatic carbocycles. The molecule has 8 nitrogen and oxygen atoms in total. The summed E-state index contributed by atoms with van der Waals surface area (Å²) in [7, 11) is 3.75. The first kappa shape index (κ1) is 24.0. The number of piperidine rings is 1. The van der Waals surface area contributed by atoms with Crippen LogP contribution in [0.25, 0.3) is 10.3 Å². The Hall–Kier alpha value is -3.70. The van der Waals surface area contributed by atoms with Crippen LogP contribution in [0.4, 0.5) is 31.2 Å². The second kappa shape index (κ2) is 10.1. The van der Waals surface area contributed by atoms with Gasteiger partial charge in [-0.3, -0.25) is 4.79 Å². The standard InChI is InChI=1S/C25H25F2N7OS/c1-33-11-9-17(10-12-33)29-23(35)15-3-7-21(28-14-15)31-25-30-19-5-8-22(32-24(19)36-25)34(2)20-6-4-16(26)13-18(20)27/h3-8,13-14,17H,9-12H2,1-2H3,(H,29,35)(H,28,30,31). The van der Waals surface area contributed by atoms with Crippen LogP contribution in [0.15, 0.2) is 48.7 Å². The van der Waals surface area contributed by atoms with Crippen LogP contribution in [-0.4, -0.2) is 59.0 Å². The second-order valence-corrected chi connectivity index (χ2v) is 9.75. The molecule has 1 aliphatic rings. The molecule has 4 aromatic rings. The molecule has 186 valence electrons. The summed E-state index contributed by atoms with van der Waals surface area (Å²) in [5, 5.41) is 6.81. The Labute approximate surface area is 211 Å². The smallest absolute Gasteiger partial charge is 0.253 e. The number of pyridine rings is 2. The van der Waals surface area contributed by atoms with Gasteiger partial charge in [0.25, 0.3) is 5.91 Å². The fourth-order valence-electron chi connectivity index (χ4n) is 4.06. The third-order valence-corrected chi connectivity index (χ3v) is 7.05. The number of nitrogens with one attached hydrogen (secondary N) is 2. The predicted molar refractivity (Wildman–Crippen MR) is 137 cm³/mol. The van der Waals surface area contributed by atoms with Crippen molar-refractivity contribution in [3.05, 3.63) is 65.9 Å². The largest absolute Gasteiger partial charge is 0.349 e. The molecular formula is C25H25F2N7OS. The summed E-state index contributed by atoms with van der Waals surface area (Å²) in [6.07, 6.45) is 3.43. The maximum atomic E-state index is 14.2. The van der Waals surface area contributed by atoms with E-state index in [0.29, 0.717) is 32.7 Å². The maximum absolute atomic E-state index is 14.2. The molecule has 0 atom stereocenters. The number of amides is 1. The Morgan fingerprint density at radius 3 is 2.64 bits per heavy atom.